The highest BCUT2D eigenvalue weighted by Crippen LogP contribution is 2.32. The molecule has 0 bridgehead atoms. The zero-order valence-electron chi connectivity index (χ0n) is 16.4. The van der Waals surface area contributed by atoms with Crippen molar-refractivity contribution in [3.05, 3.63) is 47.5 Å². The summed E-state index contributed by atoms with van der Waals surface area (Å²) in [4.78, 5) is 10.2. The van der Waals surface area contributed by atoms with Crippen molar-refractivity contribution in [1.29, 1.82) is 0 Å². The van der Waals surface area contributed by atoms with Gasteiger partial charge in [0, 0.05) is 19.0 Å². The Hall–Kier alpha value is -2.81. The molecule has 29 heavy (non-hydrogen) atoms. The van der Waals surface area contributed by atoms with Crippen LogP contribution in [0.4, 0.5) is 8.78 Å². The van der Waals surface area contributed by atoms with E-state index in [1.165, 1.54) is 12.4 Å². The smallest absolute Gasteiger partial charge is 0.280 e. The summed E-state index contributed by atoms with van der Waals surface area (Å²) in [6, 6.07) is 7.35. The Bertz CT molecular complexity index is 994. The molecule has 0 aliphatic carbocycles. The lowest BCUT2D eigenvalue weighted by Gasteiger charge is -2.33. The molecule has 9 heteroatoms. The van der Waals surface area contributed by atoms with Crippen LogP contribution in [0.1, 0.15) is 42.1 Å². The molecule has 1 aliphatic rings. The predicted molar refractivity (Wildman–Crippen MR) is 103 cm³/mol. The summed E-state index contributed by atoms with van der Waals surface area (Å²) in [5.74, 6) is 1.68. The normalized spacial score (nSPS) is 17.8. The minimum Gasteiger partial charge on any atom is -0.493 e. The molecule has 3 aromatic rings. The van der Waals surface area contributed by atoms with Gasteiger partial charge in [0.1, 0.15) is 12.0 Å². The molecule has 3 heterocycles. The minimum absolute atomic E-state index is 0.0774. The van der Waals surface area contributed by atoms with E-state index >= 15 is 0 Å². The summed E-state index contributed by atoms with van der Waals surface area (Å²) in [7, 11) is 3.23. The average Bonchev–Trinajstić information content (AvgIpc) is 3.22. The third-order valence-electron chi connectivity index (χ3n) is 5.30. The standard InChI is InChI=1S/C20H23F2N5O2/c1-28-17-6-5-13(8-18(17)29-2)10-26-7-3-4-14(11-26)16-9-15(19(21)22)25-20-23-12-24-27(16)20/h5-6,8-9,12,14,19H,3-4,7,10-11H2,1-2H3. The van der Waals surface area contributed by atoms with Crippen LogP contribution in [0.5, 0.6) is 11.5 Å². The van der Waals surface area contributed by atoms with Crippen LogP contribution in [0.2, 0.25) is 0 Å². The van der Waals surface area contributed by atoms with Gasteiger partial charge in [-0.25, -0.2) is 18.3 Å². The summed E-state index contributed by atoms with van der Waals surface area (Å²) in [5, 5.41) is 4.19. The van der Waals surface area contributed by atoms with Crippen LogP contribution in [0.3, 0.4) is 0 Å². The van der Waals surface area contributed by atoms with Crippen molar-refractivity contribution in [2.75, 3.05) is 27.3 Å². The summed E-state index contributed by atoms with van der Waals surface area (Å²) in [5.41, 5.74) is 1.59. The van der Waals surface area contributed by atoms with E-state index in [9.17, 15) is 8.78 Å². The number of nitrogens with zero attached hydrogens (tertiary/aromatic N) is 5. The number of hydrogen-bond acceptors (Lipinski definition) is 6. The number of aromatic nitrogens is 4. The first-order chi connectivity index (χ1) is 14.1. The van der Waals surface area contributed by atoms with Crippen molar-refractivity contribution in [3.63, 3.8) is 0 Å². The fraction of sp³-hybridized carbons (Fsp3) is 0.450. The first-order valence-corrected chi connectivity index (χ1v) is 9.51. The van der Waals surface area contributed by atoms with Gasteiger partial charge in [0.05, 0.1) is 19.9 Å². The first-order valence-electron chi connectivity index (χ1n) is 9.51. The molecular formula is C20H23F2N5O2. The van der Waals surface area contributed by atoms with Gasteiger partial charge in [0.15, 0.2) is 11.5 Å². The number of fused-ring (bicyclic) bond motifs is 1. The first kappa shape index (κ1) is 19.5. The van der Waals surface area contributed by atoms with Gasteiger partial charge in [-0.15, -0.1) is 0 Å². The molecule has 4 rings (SSSR count). The molecule has 1 unspecified atom stereocenters. The van der Waals surface area contributed by atoms with Gasteiger partial charge < -0.3 is 9.47 Å². The molecule has 0 amide bonds. The number of alkyl halides is 2. The van der Waals surface area contributed by atoms with E-state index in [0.29, 0.717) is 11.5 Å². The van der Waals surface area contributed by atoms with Crippen LogP contribution in [-0.4, -0.2) is 51.8 Å². The van der Waals surface area contributed by atoms with E-state index in [-0.39, 0.29) is 17.4 Å². The van der Waals surface area contributed by atoms with Crippen molar-refractivity contribution in [3.8, 4) is 11.5 Å². The van der Waals surface area contributed by atoms with Gasteiger partial charge in [0.25, 0.3) is 12.2 Å². The molecule has 1 atom stereocenters. The predicted octanol–water partition coefficient (Wildman–Crippen LogP) is 3.46. The van der Waals surface area contributed by atoms with Gasteiger partial charge in [-0.3, -0.25) is 4.90 Å². The Labute approximate surface area is 167 Å². The van der Waals surface area contributed by atoms with Crippen LogP contribution in [-0.2, 0) is 6.54 Å². The van der Waals surface area contributed by atoms with Gasteiger partial charge in [-0.05, 0) is 43.1 Å². The third kappa shape index (κ3) is 4.00. The zero-order valence-corrected chi connectivity index (χ0v) is 16.4. The van der Waals surface area contributed by atoms with E-state index in [4.69, 9.17) is 9.47 Å². The van der Waals surface area contributed by atoms with Crippen molar-refractivity contribution in [1.82, 2.24) is 24.5 Å². The second kappa shape index (κ2) is 8.28. The van der Waals surface area contributed by atoms with E-state index < -0.39 is 6.43 Å². The van der Waals surface area contributed by atoms with Crippen LogP contribution in [0.15, 0.2) is 30.6 Å². The zero-order chi connectivity index (χ0) is 20.4. The number of likely N-dealkylation sites (tertiary alicyclic amines) is 1. The van der Waals surface area contributed by atoms with Crippen LogP contribution in [0.25, 0.3) is 5.78 Å². The van der Waals surface area contributed by atoms with Gasteiger partial charge in [-0.1, -0.05) is 6.07 Å². The molecule has 0 saturated carbocycles. The number of piperidine rings is 1. The molecule has 1 aromatic carbocycles. The highest BCUT2D eigenvalue weighted by molar-refractivity contribution is 5.43. The summed E-state index contributed by atoms with van der Waals surface area (Å²) in [6.45, 7) is 2.43. The lowest BCUT2D eigenvalue weighted by Crippen LogP contribution is -2.34. The fourth-order valence-corrected chi connectivity index (χ4v) is 3.93. The Morgan fingerprint density at radius 2 is 2.00 bits per heavy atom. The molecule has 0 spiro atoms. The molecule has 1 saturated heterocycles. The average molecular weight is 403 g/mol. The van der Waals surface area contributed by atoms with Crippen LogP contribution >= 0.6 is 0 Å². The van der Waals surface area contributed by atoms with Gasteiger partial charge >= 0.3 is 0 Å². The third-order valence-corrected chi connectivity index (χ3v) is 5.30. The van der Waals surface area contributed by atoms with Crippen molar-refractivity contribution < 1.29 is 18.3 Å². The molecule has 1 aliphatic heterocycles. The number of methoxy groups -OCH3 is 2. The molecule has 1 fully saturated rings. The molecule has 2 aromatic heterocycles. The second-order valence-electron chi connectivity index (χ2n) is 7.14. The van der Waals surface area contributed by atoms with E-state index in [2.05, 4.69) is 20.0 Å². The fourth-order valence-electron chi connectivity index (χ4n) is 3.93. The lowest BCUT2D eigenvalue weighted by molar-refractivity contribution is 0.145. The molecule has 154 valence electrons. The monoisotopic (exact) mass is 403 g/mol. The maximum atomic E-state index is 13.3. The largest absolute Gasteiger partial charge is 0.493 e. The van der Waals surface area contributed by atoms with E-state index in [0.717, 1.165) is 43.7 Å². The Balaban J connectivity index is 1.56. The Kier molecular flexibility index (Phi) is 5.57. The summed E-state index contributed by atoms with van der Waals surface area (Å²) >= 11 is 0. The topological polar surface area (TPSA) is 64.8 Å². The van der Waals surface area contributed by atoms with E-state index in [1.54, 1.807) is 18.7 Å². The highest BCUT2D eigenvalue weighted by Gasteiger charge is 2.26. The molecule has 0 radical (unpaired) electrons. The van der Waals surface area contributed by atoms with E-state index in [1.807, 2.05) is 18.2 Å². The molecular weight excluding hydrogens is 380 g/mol. The minimum atomic E-state index is -2.64. The number of hydrogen-bond donors (Lipinski definition) is 0. The highest BCUT2D eigenvalue weighted by atomic mass is 19.3. The quantitative estimate of drug-likeness (QED) is 0.628. The Morgan fingerprint density at radius 1 is 1.17 bits per heavy atom. The van der Waals surface area contributed by atoms with Crippen LogP contribution < -0.4 is 9.47 Å². The lowest BCUT2D eigenvalue weighted by atomic mass is 9.93. The Morgan fingerprint density at radius 3 is 2.76 bits per heavy atom. The van der Waals surface area contributed by atoms with Crippen LogP contribution in [0, 0.1) is 0 Å². The molecule has 7 nitrogen and oxygen atoms in total. The van der Waals surface area contributed by atoms with Crippen molar-refractivity contribution in [2.45, 2.75) is 31.7 Å². The number of rotatable bonds is 6. The second-order valence-corrected chi connectivity index (χ2v) is 7.14. The maximum Gasteiger partial charge on any atom is 0.280 e. The van der Waals surface area contributed by atoms with Crippen molar-refractivity contribution in [2.24, 2.45) is 0 Å². The van der Waals surface area contributed by atoms with Gasteiger partial charge in [-0.2, -0.15) is 10.1 Å². The van der Waals surface area contributed by atoms with Gasteiger partial charge in [0.2, 0.25) is 0 Å². The summed E-state index contributed by atoms with van der Waals surface area (Å²) in [6.07, 6.45) is 0.595. The SMILES string of the molecule is COc1ccc(CN2CCCC(c3cc(C(F)F)nc4ncnn34)C2)cc1OC. The number of ether oxygens (including phenoxy) is 2. The number of benzene rings is 1. The number of halogens is 2. The van der Waals surface area contributed by atoms with Crippen molar-refractivity contribution >= 4 is 5.78 Å². The maximum absolute atomic E-state index is 13.3. The molecule has 0 N–H and O–H groups in total. The summed E-state index contributed by atoms with van der Waals surface area (Å²) < 4.78 is 38.9.